The van der Waals surface area contributed by atoms with Crippen molar-refractivity contribution in [2.75, 3.05) is 13.1 Å². The quantitative estimate of drug-likeness (QED) is 0.746. The van der Waals surface area contributed by atoms with Gasteiger partial charge in [0, 0.05) is 13.1 Å². The number of hydrogen-bond donors (Lipinski definition) is 2. The zero-order valence-corrected chi connectivity index (χ0v) is 10.8. The van der Waals surface area contributed by atoms with Crippen molar-refractivity contribution in [3.63, 3.8) is 0 Å². The molecule has 1 heterocycles. The molecule has 3 N–H and O–H groups in total. The molecule has 0 unspecified atom stereocenters. The van der Waals surface area contributed by atoms with E-state index in [0.29, 0.717) is 25.9 Å². The molecule has 0 bridgehead atoms. The Morgan fingerprint density at radius 1 is 1.29 bits per heavy atom. The van der Waals surface area contributed by atoms with Gasteiger partial charge in [0.1, 0.15) is 0 Å². The number of carbonyl (C=O) groups excluding carboxylic acids is 1. The fourth-order valence-corrected chi connectivity index (χ4v) is 1.91. The van der Waals surface area contributed by atoms with Crippen LogP contribution in [0.3, 0.4) is 0 Å². The van der Waals surface area contributed by atoms with Crippen LogP contribution in [0.2, 0.25) is 0 Å². The molecule has 5 nitrogen and oxygen atoms in total. The second-order valence-electron chi connectivity index (χ2n) is 5.78. The Bertz CT molecular complexity index is 301. The van der Waals surface area contributed by atoms with Crippen LogP contribution in [0.4, 0.5) is 0 Å². The lowest BCUT2D eigenvalue weighted by molar-refractivity contribution is -0.146. The summed E-state index contributed by atoms with van der Waals surface area (Å²) in [5.74, 6) is -1.15. The average molecular weight is 242 g/mol. The summed E-state index contributed by atoms with van der Waals surface area (Å²) >= 11 is 0. The standard InChI is InChI=1S/C12H22N2O3/c1-12(2,3)9(13)10(15)14-6-4-8(5-7-14)11(16)17/h8-9H,4-7,13H2,1-3H3,(H,16,17)/t9-/m1/s1. The lowest BCUT2D eigenvalue weighted by Gasteiger charge is -2.35. The SMILES string of the molecule is CC(C)(C)[C@H](N)C(=O)N1CCC(C(=O)O)CC1. The van der Waals surface area contributed by atoms with Gasteiger partial charge < -0.3 is 15.7 Å². The zero-order valence-electron chi connectivity index (χ0n) is 10.8. The van der Waals surface area contributed by atoms with E-state index in [1.54, 1.807) is 4.90 Å². The van der Waals surface area contributed by atoms with Crippen LogP contribution >= 0.6 is 0 Å². The third-order valence-corrected chi connectivity index (χ3v) is 3.35. The van der Waals surface area contributed by atoms with Gasteiger partial charge in [-0.2, -0.15) is 0 Å². The molecule has 0 saturated carbocycles. The Labute approximate surface area is 102 Å². The first kappa shape index (κ1) is 14.0. The second-order valence-corrected chi connectivity index (χ2v) is 5.78. The van der Waals surface area contributed by atoms with E-state index in [1.807, 2.05) is 20.8 Å². The lowest BCUT2D eigenvalue weighted by atomic mass is 9.86. The highest BCUT2D eigenvalue weighted by Gasteiger charge is 2.34. The Hall–Kier alpha value is -1.10. The number of likely N-dealkylation sites (tertiary alicyclic amines) is 1. The molecule has 0 spiro atoms. The average Bonchev–Trinajstić information content (AvgIpc) is 2.26. The summed E-state index contributed by atoms with van der Waals surface area (Å²) in [4.78, 5) is 24.6. The highest BCUT2D eigenvalue weighted by Crippen LogP contribution is 2.22. The van der Waals surface area contributed by atoms with Crippen LogP contribution < -0.4 is 5.73 Å². The summed E-state index contributed by atoms with van der Waals surface area (Å²) in [6.45, 7) is 6.79. The van der Waals surface area contributed by atoms with Gasteiger partial charge in [0.15, 0.2) is 0 Å². The van der Waals surface area contributed by atoms with Gasteiger partial charge in [0.05, 0.1) is 12.0 Å². The molecule has 5 heteroatoms. The topological polar surface area (TPSA) is 83.6 Å². The number of carboxylic acids is 1. The van der Waals surface area contributed by atoms with Crippen molar-refractivity contribution >= 4 is 11.9 Å². The molecule has 0 aromatic carbocycles. The first-order chi connectivity index (χ1) is 7.73. The molecule has 1 aliphatic heterocycles. The highest BCUT2D eigenvalue weighted by molar-refractivity contribution is 5.82. The Kier molecular flexibility index (Phi) is 4.14. The fraction of sp³-hybridized carbons (Fsp3) is 0.833. The highest BCUT2D eigenvalue weighted by atomic mass is 16.4. The number of carboxylic acid groups (broad SMARTS) is 1. The maximum absolute atomic E-state index is 12.1. The minimum absolute atomic E-state index is 0.0682. The number of hydrogen-bond acceptors (Lipinski definition) is 3. The minimum Gasteiger partial charge on any atom is -0.481 e. The minimum atomic E-state index is -0.766. The predicted molar refractivity (Wildman–Crippen MR) is 64.4 cm³/mol. The van der Waals surface area contributed by atoms with Gasteiger partial charge in [0.25, 0.3) is 0 Å². The first-order valence-electron chi connectivity index (χ1n) is 6.00. The van der Waals surface area contributed by atoms with Crippen molar-refractivity contribution in [3.05, 3.63) is 0 Å². The number of nitrogens with two attached hydrogens (primary N) is 1. The van der Waals surface area contributed by atoms with Gasteiger partial charge in [-0.25, -0.2) is 0 Å². The van der Waals surface area contributed by atoms with Gasteiger partial charge in [-0.15, -0.1) is 0 Å². The molecule has 1 fully saturated rings. The number of rotatable bonds is 2. The first-order valence-corrected chi connectivity index (χ1v) is 6.00. The molecule has 1 saturated heterocycles. The van der Waals surface area contributed by atoms with Crippen molar-refractivity contribution in [2.45, 2.75) is 39.7 Å². The monoisotopic (exact) mass is 242 g/mol. The lowest BCUT2D eigenvalue weighted by Crippen LogP contribution is -2.52. The second kappa shape index (κ2) is 5.04. The van der Waals surface area contributed by atoms with E-state index in [2.05, 4.69) is 0 Å². The molecule has 0 aromatic heterocycles. The molecule has 1 rings (SSSR count). The molecule has 0 aromatic rings. The maximum Gasteiger partial charge on any atom is 0.306 e. The van der Waals surface area contributed by atoms with Crippen molar-refractivity contribution in [1.82, 2.24) is 4.90 Å². The van der Waals surface area contributed by atoms with E-state index in [-0.39, 0.29) is 17.2 Å². The summed E-state index contributed by atoms with van der Waals surface area (Å²) < 4.78 is 0. The predicted octanol–water partition coefficient (Wildman–Crippen LogP) is 0.683. The Morgan fingerprint density at radius 2 is 1.76 bits per heavy atom. The van der Waals surface area contributed by atoms with Crippen LogP contribution in [0, 0.1) is 11.3 Å². The third kappa shape index (κ3) is 3.43. The molecule has 1 amide bonds. The van der Waals surface area contributed by atoms with Crippen molar-refractivity contribution < 1.29 is 14.7 Å². The molecule has 0 radical (unpaired) electrons. The maximum atomic E-state index is 12.1. The van der Waals surface area contributed by atoms with Crippen molar-refractivity contribution in [3.8, 4) is 0 Å². The van der Waals surface area contributed by atoms with Gasteiger partial charge in [-0.05, 0) is 18.3 Å². The van der Waals surface area contributed by atoms with Crippen LogP contribution in [-0.2, 0) is 9.59 Å². The molecule has 0 aliphatic carbocycles. The van der Waals surface area contributed by atoms with Crippen LogP contribution in [-0.4, -0.2) is 41.0 Å². The van der Waals surface area contributed by atoms with Gasteiger partial charge >= 0.3 is 5.97 Å². The third-order valence-electron chi connectivity index (χ3n) is 3.35. The number of piperidine rings is 1. The number of carbonyl (C=O) groups is 2. The zero-order chi connectivity index (χ0) is 13.2. The molecular formula is C12H22N2O3. The van der Waals surface area contributed by atoms with Crippen LogP contribution in [0.1, 0.15) is 33.6 Å². The smallest absolute Gasteiger partial charge is 0.306 e. The van der Waals surface area contributed by atoms with Gasteiger partial charge in [-0.3, -0.25) is 9.59 Å². The van der Waals surface area contributed by atoms with Crippen molar-refractivity contribution in [2.24, 2.45) is 17.1 Å². The van der Waals surface area contributed by atoms with Gasteiger partial charge in [0.2, 0.25) is 5.91 Å². The van der Waals surface area contributed by atoms with E-state index >= 15 is 0 Å². The summed E-state index contributed by atoms with van der Waals surface area (Å²) in [7, 11) is 0. The Balaban J connectivity index is 2.55. The fourth-order valence-electron chi connectivity index (χ4n) is 1.91. The summed E-state index contributed by atoms with van der Waals surface area (Å²) in [6, 6.07) is -0.524. The van der Waals surface area contributed by atoms with Crippen LogP contribution in [0.25, 0.3) is 0 Å². The number of aliphatic carboxylic acids is 1. The summed E-state index contributed by atoms with van der Waals surface area (Å²) in [5.41, 5.74) is 5.65. The number of nitrogens with zero attached hydrogens (tertiary/aromatic N) is 1. The van der Waals surface area contributed by atoms with E-state index < -0.39 is 12.0 Å². The van der Waals surface area contributed by atoms with Crippen molar-refractivity contribution in [1.29, 1.82) is 0 Å². The van der Waals surface area contributed by atoms with Gasteiger partial charge in [-0.1, -0.05) is 20.8 Å². The summed E-state index contributed by atoms with van der Waals surface area (Å²) in [6.07, 6.45) is 1.05. The van der Waals surface area contributed by atoms with E-state index in [9.17, 15) is 9.59 Å². The normalized spacial score (nSPS) is 20.1. The molecular weight excluding hydrogens is 220 g/mol. The van der Waals surface area contributed by atoms with Crippen LogP contribution in [0.5, 0.6) is 0 Å². The number of amides is 1. The van der Waals surface area contributed by atoms with E-state index in [0.717, 1.165) is 0 Å². The molecule has 1 aliphatic rings. The largest absolute Gasteiger partial charge is 0.481 e. The molecule has 98 valence electrons. The molecule has 1 atom stereocenters. The summed E-state index contributed by atoms with van der Waals surface area (Å²) in [5, 5.41) is 8.87. The van der Waals surface area contributed by atoms with Crippen LogP contribution in [0.15, 0.2) is 0 Å². The van der Waals surface area contributed by atoms with E-state index in [1.165, 1.54) is 0 Å². The Morgan fingerprint density at radius 3 is 2.12 bits per heavy atom. The van der Waals surface area contributed by atoms with E-state index in [4.69, 9.17) is 10.8 Å². The molecule has 17 heavy (non-hydrogen) atoms.